The molecule has 21 heavy (non-hydrogen) atoms. The van der Waals surface area contributed by atoms with Crippen LogP contribution in [-0.4, -0.2) is 39.0 Å². The zero-order chi connectivity index (χ0) is 16.3. The fourth-order valence-electron chi connectivity index (χ4n) is 2.67. The molecule has 0 aromatic rings. The van der Waals surface area contributed by atoms with E-state index in [1.807, 2.05) is 13.8 Å². The molecule has 0 radical (unpaired) electrons. The average molecular weight is 318 g/mol. The highest BCUT2D eigenvalue weighted by Crippen LogP contribution is 2.37. The molecule has 0 saturated heterocycles. The van der Waals surface area contributed by atoms with Crippen molar-refractivity contribution >= 4 is 15.9 Å². The smallest absolute Gasteiger partial charge is 0.315 e. The molecule has 0 unspecified atom stereocenters. The van der Waals surface area contributed by atoms with Gasteiger partial charge in [-0.2, -0.15) is 0 Å². The number of urea groups is 1. The largest absolute Gasteiger partial charge is 0.338 e. The fraction of sp³-hybridized carbons (Fsp3) is 0.933. The number of hydrogen-bond acceptors (Lipinski definition) is 3. The summed E-state index contributed by atoms with van der Waals surface area (Å²) in [7, 11) is -2.96. The number of nitrogens with one attached hydrogen (secondary N) is 2. The second-order valence-electron chi connectivity index (χ2n) is 7.80. The molecule has 1 fully saturated rings. The third kappa shape index (κ3) is 6.68. The van der Waals surface area contributed by atoms with Crippen LogP contribution in [0.2, 0.25) is 0 Å². The van der Waals surface area contributed by atoms with Gasteiger partial charge in [-0.25, -0.2) is 13.2 Å². The molecule has 0 aromatic heterocycles. The van der Waals surface area contributed by atoms with Gasteiger partial charge in [0.05, 0.1) is 5.75 Å². The molecular formula is C15H30N2O3S. The van der Waals surface area contributed by atoms with Gasteiger partial charge < -0.3 is 10.6 Å². The molecule has 2 N–H and O–H groups in total. The molecule has 0 aromatic carbocycles. The van der Waals surface area contributed by atoms with Gasteiger partial charge in [0, 0.05) is 18.8 Å². The molecule has 6 heteroatoms. The Balaban J connectivity index is 2.38. The summed E-state index contributed by atoms with van der Waals surface area (Å²) in [6, 6.07) is 0.0686. The highest BCUT2D eigenvalue weighted by Gasteiger charge is 2.35. The number of amides is 2. The van der Waals surface area contributed by atoms with Crippen molar-refractivity contribution in [3.05, 3.63) is 0 Å². The van der Waals surface area contributed by atoms with Crippen molar-refractivity contribution in [3.63, 3.8) is 0 Å². The monoisotopic (exact) mass is 318 g/mol. The van der Waals surface area contributed by atoms with Crippen molar-refractivity contribution in [1.82, 2.24) is 10.6 Å². The van der Waals surface area contributed by atoms with Crippen LogP contribution in [0.3, 0.4) is 0 Å². The van der Waals surface area contributed by atoms with Gasteiger partial charge in [0.2, 0.25) is 0 Å². The number of carbonyl (C=O) groups is 1. The highest BCUT2D eigenvalue weighted by atomic mass is 32.2. The third-order valence-corrected chi connectivity index (χ3v) is 5.39. The molecule has 0 bridgehead atoms. The first-order valence-corrected chi connectivity index (χ1v) is 9.69. The van der Waals surface area contributed by atoms with Crippen LogP contribution in [0.5, 0.6) is 0 Å². The lowest BCUT2D eigenvalue weighted by atomic mass is 9.87. The molecule has 0 spiro atoms. The van der Waals surface area contributed by atoms with Gasteiger partial charge in [0.1, 0.15) is 9.84 Å². The predicted octanol–water partition coefficient (Wildman–Crippen LogP) is 2.33. The standard InChI is InChI=1S/C15H30N2O3S/c1-14(2,9-10-21(5,19)20)11-16-13(18)17-12-7-6-8-15(12,3)4/h12H,6-11H2,1-5H3,(H2,16,17,18)/t12-/m0/s1. The van der Waals surface area contributed by atoms with Crippen LogP contribution in [0.4, 0.5) is 4.79 Å². The topological polar surface area (TPSA) is 75.3 Å². The minimum absolute atomic E-state index is 0.151. The molecule has 0 heterocycles. The molecule has 0 aliphatic heterocycles. The Morgan fingerprint density at radius 3 is 2.43 bits per heavy atom. The van der Waals surface area contributed by atoms with Crippen LogP contribution >= 0.6 is 0 Å². The van der Waals surface area contributed by atoms with Crippen molar-refractivity contribution in [2.45, 2.75) is 59.4 Å². The fourth-order valence-corrected chi connectivity index (χ4v) is 3.60. The summed E-state index contributed by atoms with van der Waals surface area (Å²) in [6.07, 6.45) is 5.10. The van der Waals surface area contributed by atoms with Crippen LogP contribution in [0, 0.1) is 10.8 Å². The maximum Gasteiger partial charge on any atom is 0.315 e. The lowest BCUT2D eigenvalue weighted by Gasteiger charge is -2.29. The van der Waals surface area contributed by atoms with Gasteiger partial charge in [-0.05, 0) is 30.1 Å². The van der Waals surface area contributed by atoms with Crippen molar-refractivity contribution in [2.24, 2.45) is 10.8 Å². The minimum Gasteiger partial charge on any atom is -0.338 e. The van der Waals surface area contributed by atoms with Gasteiger partial charge in [-0.15, -0.1) is 0 Å². The van der Waals surface area contributed by atoms with Gasteiger partial charge in [0.25, 0.3) is 0 Å². The van der Waals surface area contributed by atoms with E-state index >= 15 is 0 Å². The molecule has 1 atom stereocenters. The number of rotatable bonds is 6. The first kappa shape index (κ1) is 18.3. The number of carbonyl (C=O) groups excluding carboxylic acids is 1. The van der Waals surface area contributed by atoms with Gasteiger partial charge in [-0.3, -0.25) is 0 Å². The van der Waals surface area contributed by atoms with E-state index in [4.69, 9.17) is 0 Å². The van der Waals surface area contributed by atoms with E-state index in [-0.39, 0.29) is 28.7 Å². The lowest BCUT2D eigenvalue weighted by molar-refractivity contribution is 0.216. The van der Waals surface area contributed by atoms with E-state index in [2.05, 4.69) is 24.5 Å². The SMILES string of the molecule is CC(C)(CCS(C)(=O)=O)CNC(=O)N[C@H]1CCCC1(C)C. The summed E-state index contributed by atoms with van der Waals surface area (Å²) in [4.78, 5) is 12.0. The predicted molar refractivity (Wildman–Crippen MR) is 86.1 cm³/mol. The average Bonchev–Trinajstić information content (AvgIpc) is 2.63. The molecule has 1 aliphatic carbocycles. The van der Waals surface area contributed by atoms with Crippen LogP contribution in [-0.2, 0) is 9.84 Å². The normalized spacial score (nSPS) is 22.0. The van der Waals surface area contributed by atoms with E-state index in [9.17, 15) is 13.2 Å². The quantitative estimate of drug-likeness (QED) is 0.789. The number of sulfone groups is 1. The Morgan fingerprint density at radius 1 is 1.33 bits per heavy atom. The minimum atomic E-state index is -2.96. The van der Waals surface area contributed by atoms with E-state index in [1.54, 1.807) is 0 Å². The molecule has 1 saturated carbocycles. The molecule has 5 nitrogen and oxygen atoms in total. The van der Waals surface area contributed by atoms with Gasteiger partial charge in [0.15, 0.2) is 0 Å². The van der Waals surface area contributed by atoms with Crippen LogP contribution in [0.15, 0.2) is 0 Å². The Hall–Kier alpha value is -0.780. The van der Waals surface area contributed by atoms with E-state index < -0.39 is 9.84 Å². The van der Waals surface area contributed by atoms with E-state index in [0.29, 0.717) is 13.0 Å². The Bertz CT molecular complexity index is 469. The highest BCUT2D eigenvalue weighted by molar-refractivity contribution is 7.90. The second kappa shape index (κ2) is 6.55. The Kier molecular flexibility index (Phi) is 5.69. The summed E-state index contributed by atoms with van der Waals surface area (Å²) < 4.78 is 22.4. The summed E-state index contributed by atoms with van der Waals surface area (Å²) in [6.45, 7) is 8.78. The third-order valence-electron chi connectivity index (χ3n) is 4.44. The van der Waals surface area contributed by atoms with E-state index in [0.717, 1.165) is 19.3 Å². The van der Waals surface area contributed by atoms with Crippen molar-refractivity contribution in [1.29, 1.82) is 0 Å². The molecule has 1 rings (SSSR count). The van der Waals surface area contributed by atoms with Crippen molar-refractivity contribution < 1.29 is 13.2 Å². The summed E-state index contributed by atoms with van der Waals surface area (Å²) >= 11 is 0. The zero-order valence-electron chi connectivity index (χ0n) is 14.0. The van der Waals surface area contributed by atoms with Crippen molar-refractivity contribution in [3.8, 4) is 0 Å². The van der Waals surface area contributed by atoms with Crippen molar-refractivity contribution in [2.75, 3.05) is 18.6 Å². The maximum absolute atomic E-state index is 12.0. The van der Waals surface area contributed by atoms with Crippen LogP contribution in [0.25, 0.3) is 0 Å². The molecule has 124 valence electrons. The van der Waals surface area contributed by atoms with E-state index in [1.165, 1.54) is 6.26 Å². The number of hydrogen-bond donors (Lipinski definition) is 2. The first-order chi connectivity index (χ1) is 9.41. The lowest BCUT2D eigenvalue weighted by Crippen LogP contribution is -2.48. The zero-order valence-corrected chi connectivity index (χ0v) is 14.8. The molecule has 2 amide bonds. The summed E-state index contributed by atoms with van der Waals surface area (Å²) in [5, 5.41) is 5.92. The second-order valence-corrected chi connectivity index (χ2v) is 10.1. The molecular weight excluding hydrogens is 288 g/mol. The van der Waals surface area contributed by atoms with Crippen LogP contribution < -0.4 is 10.6 Å². The summed E-state index contributed by atoms with van der Waals surface area (Å²) in [5.74, 6) is 0.152. The molecule has 1 aliphatic rings. The maximum atomic E-state index is 12.0. The first-order valence-electron chi connectivity index (χ1n) is 7.63. The Labute approximate surface area is 129 Å². The van der Waals surface area contributed by atoms with Crippen LogP contribution in [0.1, 0.15) is 53.4 Å². The van der Waals surface area contributed by atoms with Gasteiger partial charge >= 0.3 is 6.03 Å². The Morgan fingerprint density at radius 2 is 1.95 bits per heavy atom. The summed E-state index contributed by atoms with van der Waals surface area (Å²) in [5.41, 5.74) is -0.0746. The van der Waals surface area contributed by atoms with Gasteiger partial charge in [-0.1, -0.05) is 34.1 Å².